The van der Waals surface area contributed by atoms with Gasteiger partial charge < -0.3 is 9.84 Å². The van der Waals surface area contributed by atoms with Gasteiger partial charge in [-0.1, -0.05) is 0 Å². The summed E-state index contributed by atoms with van der Waals surface area (Å²) in [6.45, 7) is -1.04. The van der Waals surface area contributed by atoms with Crippen molar-refractivity contribution in [2.24, 2.45) is 0 Å². The fourth-order valence-electron chi connectivity index (χ4n) is 1.17. The molecule has 0 aliphatic carbocycles. The molecule has 0 aliphatic rings. The molecule has 6 nitrogen and oxygen atoms in total. The van der Waals surface area contributed by atoms with Gasteiger partial charge in [0, 0.05) is 11.6 Å². The Bertz CT molecular complexity index is 491. The standard InChI is InChI=1S/C8H5F5N2O4/c9-6(10)5-3(2-16)1-4(15(17)18)7(14-5)19-8(11,12)13/h1,6,16H,2H2. The molecule has 1 aromatic heterocycles. The topological polar surface area (TPSA) is 85.5 Å². The summed E-state index contributed by atoms with van der Waals surface area (Å²) in [7, 11) is 0. The maximum atomic E-state index is 12.5. The maximum absolute atomic E-state index is 12.5. The van der Waals surface area contributed by atoms with Crippen molar-refractivity contribution in [3.63, 3.8) is 0 Å². The molecule has 0 saturated heterocycles. The second-order valence-corrected chi connectivity index (χ2v) is 3.12. The van der Waals surface area contributed by atoms with E-state index in [1.807, 2.05) is 0 Å². The van der Waals surface area contributed by atoms with Gasteiger partial charge in [-0.2, -0.15) is 0 Å². The summed E-state index contributed by atoms with van der Waals surface area (Å²) in [6, 6.07) is 0.357. The molecule has 11 heteroatoms. The second-order valence-electron chi connectivity index (χ2n) is 3.12. The van der Waals surface area contributed by atoms with Gasteiger partial charge in [-0.25, -0.2) is 13.8 Å². The first kappa shape index (κ1) is 15.0. The Morgan fingerprint density at radius 1 is 1.47 bits per heavy atom. The van der Waals surface area contributed by atoms with Crippen molar-refractivity contribution in [1.29, 1.82) is 0 Å². The molecule has 0 fully saturated rings. The number of hydrogen-bond acceptors (Lipinski definition) is 5. The normalized spacial score (nSPS) is 11.7. The fourth-order valence-corrected chi connectivity index (χ4v) is 1.17. The van der Waals surface area contributed by atoms with Crippen LogP contribution in [0, 0.1) is 10.1 Å². The van der Waals surface area contributed by atoms with E-state index in [1.54, 1.807) is 0 Å². The lowest BCUT2D eigenvalue weighted by Gasteiger charge is -2.11. The highest BCUT2D eigenvalue weighted by atomic mass is 19.4. The molecule has 0 amide bonds. The number of aliphatic hydroxyl groups is 1. The van der Waals surface area contributed by atoms with Crippen LogP contribution in [0.4, 0.5) is 27.6 Å². The van der Waals surface area contributed by atoms with Gasteiger partial charge in [0.1, 0.15) is 5.69 Å². The molecule has 0 aromatic carbocycles. The summed E-state index contributed by atoms with van der Waals surface area (Å²) in [5.74, 6) is -1.61. The summed E-state index contributed by atoms with van der Waals surface area (Å²) < 4.78 is 64.1. The van der Waals surface area contributed by atoms with Crippen LogP contribution in [0.5, 0.6) is 5.88 Å². The van der Waals surface area contributed by atoms with Gasteiger partial charge in [0.15, 0.2) is 0 Å². The van der Waals surface area contributed by atoms with Gasteiger partial charge in [-0.15, -0.1) is 13.2 Å². The van der Waals surface area contributed by atoms with Gasteiger partial charge in [0.25, 0.3) is 6.43 Å². The third kappa shape index (κ3) is 3.71. The molecule has 0 atom stereocenters. The number of alkyl halides is 5. The first-order chi connectivity index (χ1) is 8.65. The number of halogens is 5. The van der Waals surface area contributed by atoms with Crippen LogP contribution < -0.4 is 4.74 Å². The highest BCUT2D eigenvalue weighted by Crippen LogP contribution is 2.34. The number of rotatable bonds is 4. The predicted molar refractivity (Wildman–Crippen MR) is 48.5 cm³/mol. The van der Waals surface area contributed by atoms with Crippen molar-refractivity contribution >= 4 is 5.69 Å². The van der Waals surface area contributed by atoms with E-state index in [0.717, 1.165) is 0 Å². The number of aliphatic hydroxyl groups excluding tert-OH is 1. The van der Waals surface area contributed by atoms with E-state index in [-0.39, 0.29) is 0 Å². The van der Waals surface area contributed by atoms with Crippen LogP contribution in [-0.4, -0.2) is 21.4 Å². The monoisotopic (exact) mass is 288 g/mol. The van der Waals surface area contributed by atoms with E-state index in [9.17, 15) is 32.1 Å². The maximum Gasteiger partial charge on any atom is 0.574 e. The lowest BCUT2D eigenvalue weighted by atomic mass is 10.2. The van der Waals surface area contributed by atoms with Crippen LogP contribution in [0.25, 0.3) is 0 Å². The number of nitrogens with zero attached hydrogens (tertiary/aromatic N) is 2. The lowest BCUT2D eigenvalue weighted by molar-refractivity contribution is -0.389. The van der Waals surface area contributed by atoms with Crippen LogP contribution in [0.15, 0.2) is 6.07 Å². The molecule has 0 saturated carbocycles. The third-order valence-electron chi connectivity index (χ3n) is 1.87. The zero-order valence-electron chi connectivity index (χ0n) is 8.82. The number of nitro groups is 1. The van der Waals surface area contributed by atoms with E-state index in [2.05, 4.69) is 9.72 Å². The van der Waals surface area contributed by atoms with Crippen molar-refractivity contribution in [2.45, 2.75) is 19.4 Å². The number of ether oxygens (including phenoxy) is 1. The molecule has 106 valence electrons. The Morgan fingerprint density at radius 2 is 2.05 bits per heavy atom. The third-order valence-corrected chi connectivity index (χ3v) is 1.87. The van der Waals surface area contributed by atoms with Gasteiger partial charge in [0.2, 0.25) is 0 Å². The Balaban J connectivity index is 3.41. The first-order valence-electron chi connectivity index (χ1n) is 4.48. The summed E-state index contributed by atoms with van der Waals surface area (Å²) in [5.41, 5.74) is -3.14. The number of aromatic nitrogens is 1. The SMILES string of the molecule is O=[N+]([O-])c1cc(CO)c(C(F)F)nc1OC(F)(F)F. The summed E-state index contributed by atoms with van der Waals surface area (Å²) in [6.07, 6.45) is -8.64. The first-order valence-corrected chi connectivity index (χ1v) is 4.48. The van der Waals surface area contributed by atoms with Gasteiger partial charge >= 0.3 is 17.9 Å². The Kier molecular flexibility index (Phi) is 4.19. The predicted octanol–water partition coefficient (Wildman–Crippen LogP) is 2.32. The van der Waals surface area contributed by atoms with Gasteiger partial charge in [-0.3, -0.25) is 10.1 Å². The van der Waals surface area contributed by atoms with Crippen molar-refractivity contribution < 1.29 is 36.7 Å². The fraction of sp³-hybridized carbons (Fsp3) is 0.375. The van der Waals surface area contributed by atoms with Crippen molar-refractivity contribution in [3.8, 4) is 5.88 Å². The number of hydrogen-bond donors (Lipinski definition) is 1. The van der Waals surface area contributed by atoms with Crippen LogP contribution >= 0.6 is 0 Å². The van der Waals surface area contributed by atoms with E-state index < -0.39 is 47.1 Å². The average Bonchev–Trinajstić information content (AvgIpc) is 2.25. The van der Waals surface area contributed by atoms with Crippen LogP contribution in [0.1, 0.15) is 17.7 Å². The molecule has 1 rings (SSSR count). The Hall–Kier alpha value is -2.04. The van der Waals surface area contributed by atoms with Gasteiger partial charge in [-0.05, 0) is 0 Å². The zero-order valence-corrected chi connectivity index (χ0v) is 8.82. The van der Waals surface area contributed by atoms with Crippen molar-refractivity contribution in [2.75, 3.05) is 0 Å². The molecular formula is C8H5F5N2O4. The molecule has 1 aromatic rings. The minimum Gasteiger partial charge on any atom is -0.392 e. The van der Waals surface area contributed by atoms with Crippen molar-refractivity contribution in [1.82, 2.24) is 4.98 Å². The average molecular weight is 288 g/mol. The molecule has 19 heavy (non-hydrogen) atoms. The van der Waals surface area contributed by atoms with E-state index in [1.165, 1.54) is 0 Å². The molecule has 0 bridgehead atoms. The summed E-state index contributed by atoms with van der Waals surface area (Å²) in [4.78, 5) is 12.0. The summed E-state index contributed by atoms with van der Waals surface area (Å²) >= 11 is 0. The Morgan fingerprint density at radius 3 is 2.42 bits per heavy atom. The van der Waals surface area contributed by atoms with Gasteiger partial charge in [0.05, 0.1) is 11.5 Å². The highest BCUT2D eigenvalue weighted by molar-refractivity contribution is 5.45. The smallest absolute Gasteiger partial charge is 0.392 e. The molecular weight excluding hydrogens is 283 g/mol. The summed E-state index contributed by atoms with van der Waals surface area (Å²) in [5, 5.41) is 19.2. The highest BCUT2D eigenvalue weighted by Gasteiger charge is 2.36. The molecule has 1 heterocycles. The molecule has 0 unspecified atom stereocenters. The van der Waals surface area contributed by atoms with E-state index in [0.29, 0.717) is 6.07 Å². The molecule has 1 N–H and O–H groups in total. The van der Waals surface area contributed by atoms with E-state index in [4.69, 9.17) is 5.11 Å². The molecule has 0 aliphatic heterocycles. The van der Waals surface area contributed by atoms with Crippen LogP contribution in [0.3, 0.4) is 0 Å². The molecule has 0 radical (unpaired) electrons. The Labute approximate surface area is 101 Å². The largest absolute Gasteiger partial charge is 0.574 e. The lowest BCUT2D eigenvalue weighted by Crippen LogP contribution is -2.19. The quantitative estimate of drug-likeness (QED) is 0.522. The number of pyridine rings is 1. The molecule has 0 spiro atoms. The van der Waals surface area contributed by atoms with Crippen molar-refractivity contribution in [3.05, 3.63) is 27.4 Å². The zero-order chi connectivity index (χ0) is 14.8. The second kappa shape index (κ2) is 5.30. The van der Waals surface area contributed by atoms with E-state index >= 15 is 0 Å². The minimum absolute atomic E-state index is 0.357. The minimum atomic E-state index is -5.32. The van der Waals surface area contributed by atoms with Crippen LogP contribution in [0.2, 0.25) is 0 Å². The van der Waals surface area contributed by atoms with Crippen LogP contribution in [-0.2, 0) is 6.61 Å².